The summed E-state index contributed by atoms with van der Waals surface area (Å²) in [7, 11) is 1.48. The lowest BCUT2D eigenvalue weighted by atomic mass is 10.2. The third kappa shape index (κ3) is 3.14. The van der Waals surface area contributed by atoms with Gasteiger partial charge in [0.05, 0.1) is 12.0 Å². The van der Waals surface area contributed by atoms with Crippen LogP contribution in [0.4, 0.5) is 10.7 Å². The van der Waals surface area contributed by atoms with Crippen LogP contribution in [-0.2, 0) is 6.54 Å². The van der Waals surface area contributed by atoms with Crippen LogP contribution in [0, 0.1) is 10.1 Å². The lowest BCUT2D eigenvalue weighted by Crippen LogP contribution is -1.97. The molecule has 2 rings (SSSR count). The summed E-state index contributed by atoms with van der Waals surface area (Å²) in [5.41, 5.74) is 0.717. The number of nitro groups is 1. The third-order valence-electron chi connectivity index (χ3n) is 2.47. The first kappa shape index (κ1) is 13.2. The minimum atomic E-state index is -0.409. The van der Waals surface area contributed by atoms with Gasteiger partial charge in [-0.1, -0.05) is 11.3 Å². The van der Waals surface area contributed by atoms with Crippen molar-refractivity contribution in [2.24, 2.45) is 0 Å². The van der Waals surface area contributed by atoms with Crippen LogP contribution in [0.15, 0.2) is 30.3 Å². The molecule has 0 atom stereocenters. The Morgan fingerprint density at radius 3 is 2.79 bits per heavy atom. The molecule has 100 valence electrons. The van der Waals surface area contributed by atoms with Crippen molar-refractivity contribution in [1.82, 2.24) is 0 Å². The van der Waals surface area contributed by atoms with E-state index in [0.717, 1.165) is 16.2 Å². The van der Waals surface area contributed by atoms with Gasteiger partial charge in [0, 0.05) is 29.2 Å². The van der Waals surface area contributed by atoms with Gasteiger partial charge < -0.3 is 15.2 Å². The predicted octanol–water partition coefficient (Wildman–Crippen LogP) is 2.98. The van der Waals surface area contributed by atoms with Gasteiger partial charge in [-0.2, -0.15) is 0 Å². The quantitative estimate of drug-likeness (QED) is 0.649. The molecule has 0 aliphatic heterocycles. The van der Waals surface area contributed by atoms with E-state index in [1.54, 1.807) is 24.3 Å². The Morgan fingerprint density at radius 1 is 1.42 bits per heavy atom. The second kappa shape index (κ2) is 5.57. The largest absolute Gasteiger partial charge is 0.504 e. The van der Waals surface area contributed by atoms with Gasteiger partial charge in [0.2, 0.25) is 0 Å². The Hall–Kier alpha value is -2.28. The highest BCUT2D eigenvalue weighted by Gasteiger charge is 2.09. The zero-order valence-electron chi connectivity index (χ0n) is 10.1. The van der Waals surface area contributed by atoms with Crippen LogP contribution < -0.4 is 10.1 Å². The molecule has 1 aromatic heterocycles. The van der Waals surface area contributed by atoms with Crippen LogP contribution >= 0.6 is 11.3 Å². The number of methoxy groups -OCH3 is 1. The number of benzene rings is 1. The maximum absolute atomic E-state index is 10.6. The van der Waals surface area contributed by atoms with Crippen molar-refractivity contribution in [3.05, 3.63) is 45.3 Å². The standard InChI is InChI=1S/C12H12N2O4S/c1-18-11-4-2-8(6-10(11)15)13-7-9-3-5-12(19-9)14(16)17/h2-6,13,15H,7H2,1H3. The van der Waals surface area contributed by atoms with Crippen LogP contribution in [0.25, 0.3) is 0 Å². The first-order valence-corrected chi connectivity index (χ1v) is 6.26. The van der Waals surface area contributed by atoms with E-state index in [4.69, 9.17) is 4.74 Å². The van der Waals surface area contributed by atoms with E-state index < -0.39 is 4.92 Å². The predicted molar refractivity (Wildman–Crippen MR) is 73.0 cm³/mol. The minimum absolute atomic E-state index is 0.0460. The van der Waals surface area contributed by atoms with E-state index in [9.17, 15) is 15.2 Å². The van der Waals surface area contributed by atoms with Crippen molar-refractivity contribution in [2.45, 2.75) is 6.54 Å². The summed E-state index contributed by atoms with van der Waals surface area (Å²) in [4.78, 5) is 11.0. The van der Waals surface area contributed by atoms with Gasteiger partial charge in [-0.05, 0) is 18.2 Å². The molecule has 19 heavy (non-hydrogen) atoms. The van der Waals surface area contributed by atoms with E-state index in [-0.39, 0.29) is 10.8 Å². The number of thiophene rings is 1. The fourth-order valence-corrected chi connectivity index (χ4v) is 2.31. The number of phenols is 1. The van der Waals surface area contributed by atoms with Crippen molar-refractivity contribution in [3.63, 3.8) is 0 Å². The zero-order chi connectivity index (χ0) is 13.8. The highest BCUT2D eigenvalue weighted by Crippen LogP contribution is 2.29. The summed E-state index contributed by atoms with van der Waals surface area (Å²) in [6.45, 7) is 0.463. The van der Waals surface area contributed by atoms with E-state index >= 15 is 0 Å². The summed E-state index contributed by atoms with van der Waals surface area (Å²) in [5.74, 6) is 0.446. The molecule has 7 heteroatoms. The maximum Gasteiger partial charge on any atom is 0.324 e. The summed E-state index contributed by atoms with van der Waals surface area (Å²) in [5, 5.41) is 23.4. The summed E-state index contributed by atoms with van der Waals surface area (Å²) in [6, 6.07) is 8.14. The minimum Gasteiger partial charge on any atom is -0.504 e. The van der Waals surface area contributed by atoms with Crippen LogP contribution in [-0.4, -0.2) is 17.1 Å². The normalized spacial score (nSPS) is 10.2. The summed E-state index contributed by atoms with van der Waals surface area (Å²) >= 11 is 1.12. The maximum atomic E-state index is 10.6. The topological polar surface area (TPSA) is 84.6 Å². The molecule has 1 aromatic carbocycles. The molecule has 2 N–H and O–H groups in total. The van der Waals surface area contributed by atoms with Crippen LogP contribution in [0.5, 0.6) is 11.5 Å². The highest BCUT2D eigenvalue weighted by molar-refractivity contribution is 7.15. The fraction of sp³-hybridized carbons (Fsp3) is 0.167. The Labute approximate surface area is 113 Å². The lowest BCUT2D eigenvalue weighted by Gasteiger charge is -2.07. The van der Waals surface area contributed by atoms with Gasteiger partial charge in [0.25, 0.3) is 0 Å². The lowest BCUT2D eigenvalue weighted by molar-refractivity contribution is -0.380. The number of nitrogens with one attached hydrogen (secondary N) is 1. The highest BCUT2D eigenvalue weighted by atomic mass is 32.1. The molecule has 0 aliphatic rings. The van der Waals surface area contributed by atoms with Gasteiger partial charge in [-0.3, -0.25) is 10.1 Å². The number of aromatic hydroxyl groups is 1. The molecule has 1 heterocycles. The van der Waals surface area contributed by atoms with Crippen molar-refractivity contribution in [3.8, 4) is 11.5 Å². The molecular weight excluding hydrogens is 268 g/mol. The molecule has 0 saturated heterocycles. The Balaban J connectivity index is 2.01. The third-order valence-corrected chi connectivity index (χ3v) is 3.51. The molecule has 0 aliphatic carbocycles. The number of anilines is 1. The number of hydrogen-bond acceptors (Lipinski definition) is 6. The molecule has 0 amide bonds. The number of ether oxygens (including phenoxy) is 1. The van der Waals surface area contributed by atoms with Gasteiger partial charge in [-0.15, -0.1) is 0 Å². The first-order valence-electron chi connectivity index (χ1n) is 5.44. The average molecular weight is 280 g/mol. The molecule has 2 aromatic rings. The van der Waals surface area contributed by atoms with Crippen molar-refractivity contribution >= 4 is 22.0 Å². The van der Waals surface area contributed by atoms with Gasteiger partial charge >= 0.3 is 5.00 Å². The second-order valence-electron chi connectivity index (χ2n) is 3.74. The van der Waals surface area contributed by atoms with Crippen LogP contribution in [0.2, 0.25) is 0 Å². The molecule has 0 spiro atoms. The van der Waals surface area contributed by atoms with Gasteiger partial charge in [-0.25, -0.2) is 0 Å². The number of nitrogens with zero attached hydrogens (tertiary/aromatic N) is 1. The van der Waals surface area contributed by atoms with Crippen LogP contribution in [0.3, 0.4) is 0 Å². The molecule has 0 radical (unpaired) electrons. The van der Waals surface area contributed by atoms with Crippen molar-refractivity contribution in [1.29, 1.82) is 0 Å². The molecular formula is C12H12N2O4S. The number of phenolic OH excluding ortho intramolecular Hbond substituents is 1. The Bertz CT molecular complexity index is 597. The van der Waals surface area contributed by atoms with E-state index in [0.29, 0.717) is 18.0 Å². The first-order chi connectivity index (χ1) is 9.10. The van der Waals surface area contributed by atoms with Gasteiger partial charge in [0.1, 0.15) is 0 Å². The molecule has 0 saturated carbocycles. The Morgan fingerprint density at radius 2 is 2.21 bits per heavy atom. The summed E-state index contributed by atoms with van der Waals surface area (Å²) in [6.07, 6.45) is 0. The summed E-state index contributed by atoms with van der Waals surface area (Å²) < 4.78 is 4.94. The molecule has 0 fully saturated rings. The smallest absolute Gasteiger partial charge is 0.324 e. The fourth-order valence-electron chi connectivity index (χ4n) is 1.55. The molecule has 0 unspecified atom stereocenters. The molecule has 6 nitrogen and oxygen atoms in total. The number of rotatable bonds is 5. The Kier molecular flexibility index (Phi) is 3.86. The number of hydrogen-bond donors (Lipinski definition) is 2. The van der Waals surface area contributed by atoms with Crippen LogP contribution in [0.1, 0.15) is 4.88 Å². The van der Waals surface area contributed by atoms with Gasteiger partial charge in [0.15, 0.2) is 11.5 Å². The molecule has 0 bridgehead atoms. The zero-order valence-corrected chi connectivity index (χ0v) is 10.9. The van der Waals surface area contributed by atoms with Crippen molar-refractivity contribution < 1.29 is 14.8 Å². The second-order valence-corrected chi connectivity index (χ2v) is 4.88. The SMILES string of the molecule is COc1ccc(NCc2ccc([N+](=O)[O-])s2)cc1O. The van der Waals surface area contributed by atoms with E-state index in [2.05, 4.69) is 5.32 Å². The monoisotopic (exact) mass is 280 g/mol. The van der Waals surface area contributed by atoms with E-state index in [1.165, 1.54) is 13.2 Å². The van der Waals surface area contributed by atoms with E-state index in [1.807, 2.05) is 0 Å². The van der Waals surface area contributed by atoms with Crippen molar-refractivity contribution in [2.75, 3.05) is 12.4 Å². The average Bonchev–Trinajstić information content (AvgIpc) is 2.85.